The highest BCUT2D eigenvalue weighted by Gasteiger charge is 2.38. The number of hydrogen-bond donors (Lipinski definition) is 1. The largest absolute Gasteiger partial charge is 0.496 e. The van der Waals surface area contributed by atoms with E-state index >= 15 is 0 Å². The van der Waals surface area contributed by atoms with Gasteiger partial charge in [0.05, 0.1) is 25.4 Å². The molecule has 0 unspecified atom stereocenters. The summed E-state index contributed by atoms with van der Waals surface area (Å²) in [5, 5.41) is 5.10. The van der Waals surface area contributed by atoms with E-state index in [-0.39, 0.29) is 11.3 Å². The highest BCUT2D eigenvalue weighted by atomic mass is 32.1. The number of carbonyl (C=O) groups excluding carboxylic acids is 1. The number of nitrogens with zero attached hydrogens (tertiary/aromatic N) is 1. The van der Waals surface area contributed by atoms with Crippen molar-refractivity contribution < 1.29 is 19.0 Å². The van der Waals surface area contributed by atoms with Gasteiger partial charge in [0.1, 0.15) is 12.4 Å². The summed E-state index contributed by atoms with van der Waals surface area (Å²) >= 11 is 1.52. The van der Waals surface area contributed by atoms with E-state index in [2.05, 4.69) is 16.4 Å². The van der Waals surface area contributed by atoms with E-state index in [4.69, 9.17) is 14.2 Å². The molecule has 7 heteroatoms. The van der Waals surface area contributed by atoms with E-state index < -0.39 is 0 Å². The Balaban J connectivity index is 1.47. The van der Waals surface area contributed by atoms with Crippen LogP contribution < -0.4 is 19.5 Å². The third-order valence-corrected chi connectivity index (χ3v) is 6.75. The first-order chi connectivity index (χ1) is 15.6. The Morgan fingerprint density at radius 1 is 1.06 bits per heavy atom. The number of thiazole rings is 1. The van der Waals surface area contributed by atoms with Gasteiger partial charge in [0.25, 0.3) is 5.91 Å². The molecule has 1 aliphatic rings. The molecule has 1 heterocycles. The number of nitrogens with one attached hydrogen (secondary N) is 1. The van der Waals surface area contributed by atoms with Crippen LogP contribution in [0.25, 0.3) is 0 Å². The number of hydrogen-bond acceptors (Lipinski definition) is 6. The molecule has 1 aliphatic carbocycles. The van der Waals surface area contributed by atoms with Crippen molar-refractivity contribution in [1.82, 2.24) is 10.3 Å². The highest BCUT2D eigenvalue weighted by Crippen LogP contribution is 2.44. The summed E-state index contributed by atoms with van der Waals surface area (Å²) in [6, 6.07) is 13.4. The van der Waals surface area contributed by atoms with Crippen LogP contribution in [0.3, 0.4) is 0 Å². The van der Waals surface area contributed by atoms with Crippen LogP contribution in [0.1, 0.15) is 47.3 Å². The lowest BCUT2D eigenvalue weighted by Gasteiger charge is -2.31. The van der Waals surface area contributed by atoms with Gasteiger partial charge < -0.3 is 19.5 Å². The monoisotopic (exact) mass is 452 g/mol. The fourth-order valence-electron chi connectivity index (χ4n) is 4.42. The van der Waals surface area contributed by atoms with Crippen molar-refractivity contribution >= 4 is 17.2 Å². The Labute approximate surface area is 192 Å². The van der Waals surface area contributed by atoms with Gasteiger partial charge in [-0.3, -0.25) is 4.79 Å². The van der Waals surface area contributed by atoms with Gasteiger partial charge in [-0.2, -0.15) is 0 Å². The average Bonchev–Trinajstić information content (AvgIpc) is 3.54. The molecule has 1 amide bonds. The second kappa shape index (κ2) is 10.0. The predicted molar refractivity (Wildman–Crippen MR) is 125 cm³/mol. The number of amides is 1. The molecule has 2 aromatic carbocycles. The number of methoxy groups -OCH3 is 2. The molecule has 0 radical (unpaired) electrons. The third-order valence-electron chi connectivity index (χ3n) is 6.11. The topological polar surface area (TPSA) is 69.7 Å². The van der Waals surface area contributed by atoms with Crippen molar-refractivity contribution in [3.8, 4) is 17.2 Å². The van der Waals surface area contributed by atoms with Crippen molar-refractivity contribution in [2.75, 3.05) is 20.8 Å². The zero-order valence-electron chi connectivity index (χ0n) is 18.4. The molecule has 4 rings (SSSR count). The molecule has 0 spiro atoms. The molecule has 32 heavy (non-hydrogen) atoms. The SMILES string of the molecule is COc1cc(C(=O)NCC2(c3ccccc3OC)CCCC2)ccc1OCc1cscn1. The molecule has 3 aromatic rings. The maximum Gasteiger partial charge on any atom is 0.251 e. The van der Waals surface area contributed by atoms with Crippen LogP contribution in [0.4, 0.5) is 0 Å². The Morgan fingerprint density at radius 3 is 2.56 bits per heavy atom. The molecule has 0 aliphatic heterocycles. The van der Waals surface area contributed by atoms with Crippen LogP contribution in [-0.2, 0) is 12.0 Å². The zero-order chi connectivity index (χ0) is 22.4. The summed E-state index contributed by atoms with van der Waals surface area (Å²) in [6.07, 6.45) is 4.35. The molecule has 0 bridgehead atoms. The second-order valence-corrected chi connectivity index (χ2v) is 8.72. The molecule has 6 nitrogen and oxygen atoms in total. The van der Waals surface area contributed by atoms with Crippen molar-refractivity contribution in [2.45, 2.75) is 37.7 Å². The summed E-state index contributed by atoms with van der Waals surface area (Å²) in [6.45, 7) is 0.920. The highest BCUT2D eigenvalue weighted by molar-refractivity contribution is 7.07. The van der Waals surface area contributed by atoms with Gasteiger partial charge in [-0.15, -0.1) is 11.3 Å². The van der Waals surface area contributed by atoms with E-state index in [9.17, 15) is 4.79 Å². The first-order valence-corrected chi connectivity index (χ1v) is 11.7. The Bertz CT molecular complexity index is 1050. The molecule has 0 atom stereocenters. The molecular formula is C25H28N2O4S. The molecule has 1 N–H and O–H groups in total. The van der Waals surface area contributed by atoms with Gasteiger partial charge >= 0.3 is 0 Å². The first-order valence-electron chi connectivity index (χ1n) is 10.7. The van der Waals surface area contributed by atoms with Crippen LogP contribution in [-0.4, -0.2) is 31.7 Å². The van der Waals surface area contributed by atoms with Crippen molar-refractivity contribution in [3.05, 3.63) is 70.2 Å². The van der Waals surface area contributed by atoms with E-state index in [1.807, 2.05) is 23.6 Å². The number of para-hydroxylation sites is 1. The van der Waals surface area contributed by atoms with Crippen LogP contribution in [0.15, 0.2) is 53.4 Å². The van der Waals surface area contributed by atoms with Crippen molar-refractivity contribution in [2.24, 2.45) is 0 Å². The summed E-state index contributed by atoms with van der Waals surface area (Å²) in [5.41, 5.74) is 4.23. The minimum absolute atomic E-state index is 0.108. The van der Waals surface area contributed by atoms with Gasteiger partial charge in [-0.1, -0.05) is 31.0 Å². The number of carbonyl (C=O) groups is 1. The molecular weight excluding hydrogens is 424 g/mol. The van der Waals surface area contributed by atoms with Gasteiger partial charge in [-0.25, -0.2) is 4.98 Å². The minimum atomic E-state index is -0.129. The van der Waals surface area contributed by atoms with E-state index in [1.165, 1.54) is 16.9 Å². The fraction of sp³-hybridized carbons (Fsp3) is 0.360. The average molecular weight is 453 g/mol. The van der Waals surface area contributed by atoms with E-state index in [0.717, 1.165) is 37.1 Å². The molecule has 0 saturated heterocycles. The van der Waals surface area contributed by atoms with Gasteiger partial charge in [0.15, 0.2) is 11.5 Å². The van der Waals surface area contributed by atoms with Gasteiger partial charge in [0.2, 0.25) is 0 Å². The Morgan fingerprint density at radius 2 is 1.84 bits per heavy atom. The maximum atomic E-state index is 13.0. The lowest BCUT2D eigenvalue weighted by atomic mass is 9.78. The lowest BCUT2D eigenvalue weighted by Crippen LogP contribution is -2.39. The van der Waals surface area contributed by atoms with Crippen LogP contribution in [0.5, 0.6) is 17.2 Å². The zero-order valence-corrected chi connectivity index (χ0v) is 19.2. The molecule has 168 valence electrons. The van der Waals surface area contributed by atoms with Crippen LogP contribution >= 0.6 is 11.3 Å². The van der Waals surface area contributed by atoms with Crippen molar-refractivity contribution in [1.29, 1.82) is 0 Å². The summed E-state index contributed by atoms with van der Waals surface area (Å²) in [4.78, 5) is 17.2. The number of benzene rings is 2. The minimum Gasteiger partial charge on any atom is -0.496 e. The number of rotatable bonds is 9. The summed E-state index contributed by atoms with van der Waals surface area (Å²) in [5.74, 6) is 1.86. The maximum absolute atomic E-state index is 13.0. The summed E-state index contributed by atoms with van der Waals surface area (Å²) < 4.78 is 16.9. The van der Waals surface area contributed by atoms with Gasteiger partial charge in [-0.05, 0) is 37.1 Å². The number of ether oxygens (including phenoxy) is 3. The van der Waals surface area contributed by atoms with E-state index in [0.29, 0.717) is 30.2 Å². The summed E-state index contributed by atoms with van der Waals surface area (Å²) in [7, 11) is 3.27. The number of aromatic nitrogens is 1. The first kappa shape index (κ1) is 22.1. The van der Waals surface area contributed by atoms with Crippen LogP contribution in [0.2, 0.25) is 0 Å². The predicted octanol–water partition coefficient (Wildman–Crippen LogP) is 4.98. The molecule has 1 aromatic heterocycles. The Hall–Kier alpha value is -3.06. The fourth-order valence-corrected chi connectivity index (χ4v) is 4.96. The second-order valence-electron chi connectivity index (χ2n) is 8.00. The molecule has 1 fully saturated rings. The standard InChI is InChI=1S/C25H28N2O4S/c1-29-21-8-4-3-7-20(21)25(11-5-6-12-25)16-26-24(28)18-9-10-22(23(13-18)30-2)31-14-19-15-32-17-27-19/h3-4,7-10,13,15,17H,5-6,11-12,14,16H2,1-2H3,(H,26,28). The molecule has 1 saturated carbocycles. The third kappa shape index (κ3) is 4.72. The quantitative estimate of drug-likeness (QED) is 0.496. The van der Waals surface area contributed by atoms with E-state index in [1.54, 1.807) is 37.9 Å². The lowest BCUT2D eigenvalue weighted by molar-refractivity contribution is 0.0942. The van der Waals surface area contributed by atoms with Crippen LogP contribution in [0, 0.1) is 0 Å². The van der Waals surface area contributed by atoms with Crippen molar-refractivity contribution in [3.63, 3.8) is 0 Å². The normalized spacial score (nSPS) is 14.7. The van der Waals surface area contributed by atoms with Gasteiger partial charge in [0, 0.05) is 28.5 Å². The smallest absolute Gasteiger partial charge is 0.251 e. The Kier molecular flexibility index (Phi) is 6.95.